The topological polar surface area (TPSA) is 57.5 Å². The van der Waals surface area contributed by atoms with Gasteiger partial charge < -0.3 is 11.2 Å². The SMILES string of the molecule is O=P(O)(O)c1ccccc1.[H-].[K+]. The number of benzene rings is 1. The third kappa shape index (κ3) is 3.96. The van der Waals surface area contributed by atoms with E-state index in [2.05, 4.69) is 0 Å². The van der Waals surface area contributed by atoms with Gasteiger partial charge in [-0.05, 0) is 12.1 Å². The Balaban J connectivity index is 0. The van der Waals surface area contributed by atoms with Gasteiger partial charge in [-0.1, -0.05) is 18.2 Å². The fraction of sp³-hybridized carbons (Fsp3) is 0. The number of hydrogen-bond donors (Lipinski definition) is 2. The first kappa shape index (κ1) is 12.0. The maximum Gasteiger partial charge on any atom is 1.00 e. The van der Waals surface area contributed by atoms with Crippen molar-refractivity contribution in [3.63, 3.8) is 0 Å². The van der Waals surface area contributed by atoms with E-state index in [1.807, 2.05) is 0 Å². The first-order chi connectivity index (χ1) is 4.61. The molecular formula is C6H8KO3P. The van der Waals surface area contributed by atoms with E-state index in [1.54, 1.807) is 18.2 Å². The molecule has 2 N–H and O–H groups in total. The average Bonchev–Trinajstić information content (AvgIpc) is 1.88. The van der Waals surface area contributed by atoms with Crippen molar-refractivity contribution in [3.8, 4) is 0 Å². The molecule has 0 fully saturated rings. The van der Waals surface area contributed by atoms with Gasteiger partial charge in [0.15, 0.2) is 0 Å². The quantitative estimate of drug-likeness (QED) is 0.391. The molecule has 0 aliphatic carbocycles. The first-order valence-corrected chi connectivity index (χ1v) is 4.33. The van der Waals surface area contributed by atoms with Crippen LogP contribution in [0.15, 0.2) is 30.3 Å². The molecule has 11 heavy (non-hydrogen) atoms. The van der Waals surface area contributed by atoms with Crippen LogP contribution in [0, 0.1) is 0 Å². The van der Waals surface area contributed by atoms with Gasteiger partial charge in [0.25, 0.3) is 0 Å². The van der Waals surface area contributed by atoms with Crippen molar-refractivity contribution in [2.24, 2.45) is 0 Å². The minimum Gasteiger partial charge on any atom is -1.00 e. The molecule has 0 saturated heterocycles. The second kappa shape index (κ2) is 4.89. The van der Waals surface area contributed by atoms with Crippen molar-refractivity contribution in [2.75, 3.05) is 0 Å². The van der Waals surface area contributed by atoms with Gasteiger partial charge in [-0.25, -0.2) is 0 Å². The second-order valence-electron chi connectivity index (χ2n) is 1.88. The van der Waals surface area contributed by atoms with Crippen LogP contribution in [0.2, 0.25) is 0 Å². The van der Waals surface area contributed by atoms with E-state index in [1.165, 1.54) is 12.1 Å². The summed E-state index contributed by atoms with van der Waals surface area (Å²) in [6.45, 7) is 0. The molecule has 1 aromatic rings. The van der Waals surface area contributed by atoms with Gasteiger partial charge in [0.05, 0.1) is 5.30 Å². The van der Waals surface area contributed by atoms with Crippen molar-refractivity contribution >= 4 is 12.9 Å². The molecule has 0 aromatic heterocycles. The van der Waals surface area contributed by atoms with Crippen molar-refractivity contribution in [1.82, 2.24) is 0 Å². The molecule has 0 bridgehead atoms. The predicted molar refractivity (Wildman–Crippen MR) is 39.2 cm³/mol. The molecule has 1 rings (SSSR count). The van der Waals surface area contributed by atoms with Gasteiger partial charge >= 0.3 is 59.0 Å². The van der Waals surface area contributed by atoms with Crippen LogP contribution >= 0.6 is 7.60 Å². The zero-order valence-electron chi connectivity index (χ0n) is 7.14. The van der Waals surface area contributed by atoms with Crippen LogP contribution in [-0.2, 0) is 4.57 Å². The summed E-state index contributed by atoms with van der Waals surface area (Å²) in [5.74, 6) is 0. The summed E-state index contributed by atoms with van der Waals surface area (Å²) < 4.78 is 10.5. The molecular weight excluding hydrogens is 190 g/mol. The number of rotatable bonds is 1. The molecule has 0 radical (unpaired) electrons. The van der Waals surface area contributed by atoms with E-state index >= 15 is 0 Å². The molecule has 0 atom stereocenters. The van der Waals surface area contributed by atoms with E-state index < -0.39 is 7.60 Å². The van der Waals surface area contributed by atoms with Crippen molar-refractivity contribution in [2.45, 2.75) is 0 Å². The normalized spacial score (nSPS) is 10.4. The van der Waals surface area contributed by atoms with Crippen molar-refractivity contribution < 1.29 is 67.2 Å². The van der Waals surface area contributed by atoms with Crippen LogP contribution < -0.4 is 56.7 Å². The van der Waals surface area contributed by atoms with E-state index in [0.717, 1.165) is 0 Å². The largest absolute Gasteiger partial charge is 1.00 e. The summed E-state index contributed by atoms with van der Waals surface area (Å²) >= 11 is 0. The van der Waals surface area contributed by atoms with Gasteiger partial charge in [0, 0.05) is 0 Å². The van der Waals surface area contributed by atoms with Crippen LogP contribution in [0.1, 0.15) is 1.43 Å². The van der Waals surface area contributed by atoms with E-state index in [0.29, 0.717) is 0 Å². The minimum atomic E-state index is -4.02. The van der Waals surface area contributed by atoms with E-state index in [4.69, 9.17) is 9.79 Å². The van der Waals surface area contributed by atoms with Crippen molar-refractivity contribution in [3.05, 3.63) is 30.3 Å². The molecule has 0 amide bonds. The summed E-state index contributed by atoms with van der Waals surface area (Å²) in [5, 5.41) is 0.0648. The van der Waals surface area contributed by atoms with E-state index in [-0.39, 0.29) is 58.1 Å². The zero-order valence-corrected chi connectivity index (χ0v) is 10.2. The summed E-state index contributed by atoms with van der Waals surface area (Å²) in [4.78, 5) is 17.2. The Hall–Kier alpha value is 1.01. The van der Waals surface area contributed by atoms with Gasteiger partial charge in [0.2, 0.25) is 0 Å². The van der Waals surface area contributed by atoms with Crippen LogP contribution in [0.4, 0.5) is 0 Å². The first-order valence-electron chi connectivity index (χ1n) is 2.72. The monoisotopic (exact) mass is 198 g/mol. The maximum atomic E-state index is 10.5. The molecule has 3 nitrogen and oxygen atoms in total. The fourth-order valence-electron chi connectivity index (χ4n) is 0.622. The fourth-order valence-corrected chi connectivity index (χ4v) is 1.18. The Bertz CT molecular complexity index is 261. The van der Waals surface area contributed by atoms with Gasteiger partial charge in [-0.2, -0.15) is 0 Å². The van der Waals surface area contributed by atoms with Crippen molar-refractivity contribution in [1.29, 1.82) is 0 Å². The third-order valence-corrected chi connectivity index (χ3v) is 2.06. The second-order valence-corrected chi connectivity index (χ2v) is 3.48. The Morgan fingerprint density at radius 3 is 1.91 bits per heavy atom. The predicted octanol–water partition coefficient (Wildman–Crippen LogP) is -2.39. The summed E-state index contributed by atoms with van der Waals surface area (Å²) in [5.41, 5.74) is 0. The smallest absolute Gasteiger partial charge is 1.00 e. The van der Waals surface area contributed by atoms with Crippen LogP contribution in [0.3, 0.4) is 0 Å². The Morgan fingerprint density at radius 2 is 1.64 bits per heavy atom. The average molecular weight is 198 g/mol. The molecule has 0 aliphatic heterocycles. The molecule has 0 unspecified atom stereocenters. The van der Waals surface area contributed by atoms with Gasteiger partial charge in [-0.3, -0.25) is 4.57 Å². The van der Waals surface area contributed by atoms with Crippen LogP contribution in [0.5, 0.6) is 0 Å². The van der Waals surface area contributed by atoms with Crippen LogP contribution in [-0.4, -0.2) is 9.79 Å². The standard InChI is InChI=1S/C6H7O3P.K.H/c7-10(8,9)6-4-2-1-3-5-6;;/h1-5H,(H2,7,8,9);;/q;+1;-1. The van der Waals surface area contributed by atoms with E-state index in [9.17, 15) is 4.57 Å². The number of hydrogen-bond acceptors (Lipinski definition) is 1. The van der Waals surface area contributed by atoms with Crippen LogP contribution in [0.25, 0.3) is 0 Å². The summed E-state index contributed by atoms with van der Waals surface area (Å²) in [6.07, 6.45) is 0. The Labute approximate surface area is 109 Å². The van der Waals surface area contributed by atoms with Gasteiger partial charge in [0.1, 0.15) is 0 Å². The van der Waals surface area contributed by atoms with Gasteiger partial charge in [-0.15, -0.1) is 0 Å². The molecule has 5 heteroatoms. The molecule has 0 aliphatic rings. The molecule has 56 valence electrons. The third-order valence-electron chi connectivity index (χ3n) is 1.09. The molecule has 0 saturated carbocycles. The minimum absolute atomic E-state index is 0. The molecule has 0 spiro atoms. The zero-order chi connectivity index (χ0) is 7.61. The summed E-state index contributed by atoms with van der Waals surface area (Å²) in [7, 11) is -4.02. The Kier molecular flexibility index (Phi) is 5.34. The molecule has 1 aromatic carbocycles. The molecule has 0 heterocycles. The Morgan fingerprint density at radius 1 is 1.18 bits per heavy atom. The summed E-state index contributed by atoms with van der Waals surface area (Å²) in [6, 6.07) is 7.70. The maximum absolute atomic E-state index is 10.5.